The molecule has 0 spiro atoms. The first kappa shape index (κ1) is 11.2. The molecule has 2 saturated heterocycles. The van der Waals surface area contributed by atoms with Crippen molar-refractivity contribution in [2.45, 2.75) is 57.4 Å². The molecule has 0 saturated carbocycles. The molecule has 2 heterocycles. The summed E-state index contributed by atoms with van der Waals surface area (Å²) in [5.74, 6) is 0. The van der Waals surface area contributed by atoms with Crippen LogP contribution in [0.4, 0.5) is 0 Å². The molecule has 2 heteroatoms. The highest BCUT2D eigenvalue weighted by Crippen LogP contribution is 2.35. The number of benzene rings is 1. The van der Waals surface area contributed by atoms with Gasteiger partial charge in [-0.2, -0.15) is 0 Å². The van der Waals surface area contributed by atoms with E-state index < -0.39 is 0 Å². The molecule has 1 N–H and O–H groups in total. The molecule has 92 valence electrons. The summed E-state index contributed by atoms with van der Waals surface area (Å²) in [6.07, 6.45) is 4.69. The van der Waals surface area contributed by atoms with Crippen LogP contribution < -0.4 is 5.32 Å². The third-order valence-corrected chi connectivity index (χ3v) is 4.23. The van der Waals surface area contributed by atoms with E-state index >= 15 is 0 Å². The van der Waals surface area contributed by atoms with Gasteiger partial charge in [0.05, 0.1) is 12.2 Å². The van der Waals surface area contributed by atoms with E-state index in [4.69, 9.17) is 4.74 Å². The Morgan fingerprint density at radius 2 is 2.12 bits per heavy atom. The van der Waals surface area contributed by atoms with Crippen molar-refractivity contribution in [3.8, 4) is 0 Å². The molecule has 2 aliphatic rings. The van der Waals surface area contributed by atoms with E-state index in [1.165, 1.54) is 30.4 Å². The Balaban J connectivity index is 1.68. The van der Waals surface area contributed by atoms with Crippen LogP contribution >= 0.6 is 0 Å². The predicted octanol–water partition coefficient (Wildman–Crippen LogP) is 2.97. The van der Waals surface area contributed by atoms with Crippen molar-refractivity contribution >= 4 is 0 Å². The summed E-state index contributed by atoms with van der Waals surface area (Å²) in [6, 6.07) is 9.61. The third-order valence-electron chi connectivity index (χ3n) is 4.23. The molecule has 2 nitrogen and oxygen atoms in total. The van der Waals surface area contributed by atoms with Crippen LogP contribution in [0.5, 0.6) is 0 Å². The third kappa shape index (κ3) is 2.12. The van der Waals surface area contributed by atoms with Gasteiger partial charge in [-0.15, -0.1) is 0 Å². The molecular weight excluding hydrogens is 210 g/mol. The second kappa shape index (κ2) is 4.43. The van der Waals surface area contributed by atoms with E-state index in [2.05, 4.69) is 43.4 Å². The fourth-order valence-corrected chi connectivity index (χ4v) is 3.30. The Morgan fingerprint density at radius 1 is 1.29 bits per heavy atom. The van der Waals surface area contributed by atoms with Gasteiger partial charge >= 0.3 is 0 Å². The van der Waals surface area contributed by atoms with Gasteiger partial charge in [0.25, 0.3) is 0 Å². The molecule has 0 aromatic heterocycles. The Bertz CT molecular complexity index is 404. The highest BCUT2D eigenvalue weighted by atomic mass is 16.5. The van der Waals surface area contributed by atoms with Crippen molar-refractivity contribution in [1.29, 1.82) is 0 Å². The SMILES string of the molecule is Cc1ccccc1C(C)NC1CC2CCC1O2. The molecule has 3 rings (SSSR count). The normalized spacial score (nSPS) is 32.9. The molecule has 2 fully saturated rings. The van der Waals surface area contributed by atoms with Gasteiger partial charge < -0.3 is 10.1 Å². The van der Waals surface area contributed by atoms with Gasteiger partial charge in [0.2, 0.25) is 0 Å². The molecular formula is C15H21NO. The second-order valence-electron chi connectivity index (χ2n) is 5.46. The molecule has 0 amide bonds. The highest BCUT2D eigenvalue weighted by Gasteiger charge is 2.41. The van der Waals surface area contributed by atoms with Gasteiger partial charge in [0, 0.05) is 12.1 Å². The number of fused-ring (bicyclic) bond motifs is 2. The number of hydrogen-bond donors (Lipinski definition) is 1. The zero-order valence-corrected chi connectivity index (χ0v) is 10.6. The van der Waals surface area contributed by atoms with Crippen molar-refractivity contribution in [2.75, 3.05) is 0 Å². The Hall–Kier alpha value is -0.860. The average molecular weight is 231 g/mol. The fourth-order valence-electron chi connectivity index (χ4n) is 3.30. The zero-order chi connectivity index (χ0) is 11.8. The summed E-state index contributed by atoms with van der Waals surface area (Å²) >= 11 is 0. The quantitative estimate of drug-likeness (QED) is 0.863. The fraction of sp³-hybridized carbons (Fsp3) is 0.600. The van der Waals surface area contributed by atoms with Crippen LogP contribution in [0.15, 0.2) is 24.3 Å². The van der Waals surface area contributed by atoms with Gasteiger partial charge in [-0.05, 0) is 44.2 Å². The van der Waals surface area contributed by atoms with Crippen LogP contribution in [0, 0.1) is 6.92 Å². The van der Waals surface area contributed by atoms with E-state index in [9.17, 15) is 0 Å². The molecule has 2 aliphatic heterocycles. The topological polar surface area (TPSA) is 21.3 Å². The molecule has 0 radical (unpaired) electrons. The summed E-state index contributed by atoms with van der Waals surface area (Å²) in [6.45, 7) is 4.44. The van der Waals surface area contributed by atoms with Crippen molar-refractivity contribution in [3.63, 3.8) is 0 Å². The molecule has 17 heavy (non-hydrogen) atoms. The number of aryl methyl sites for hydroxylation is 1. The van der Waals surface area contributed by atoms with Crippen LogP contribution in [-0.4, -0.2) is 18.2 Å². The van der Waals surface area contributed by atoms with E-state index in [1.54, 1.807) is 0 Å². The molecule has 4 unspecified atom stereocenters. The summed E-state index contributed by atoms with van der Waals surface area (Å²) in [5.41, 5.74) is 2.78. The molecule has 2 bridgehead atoms. The monoisotopic (exact) mass is 231 g/mol. The van der Waals surface area contributed by atoms with E-state index in [1.807, 2.05) is 0 Å². The lowest BCUT2D eigenvalue weighted by Crippen LogP contribution is -2.39. The summed E-state index contributed by atoms with van der Waals surface area (Å²) in [5, 5.41) is 3.74. The Kier molecular flexibility index (Phi) is 2.93. The molecule has 0 aliphatic carbocycles. The first-order chi connectivity index (χ1) is 8.24. The van der Waals surface area contributed by atoms with Crippen molar-refractivity contribution in [3.05, 3.63) is 35.4 Å². The number of rotatable bonds is 3. The first-order valence-corrected chi connectivity index (χ1v) is 6.71. The molecule has 1 aromatic rings. The average Bonchev–Trinajstić information content (AvgIpc) is 2.91. The van der Waals surface area contributed by atoms with Gasteiger partial charge in [0.15, 0.2) is 0 Å². The number of hydrogen-bond acceptors (Lipinski definition) is 2. The van der Waals surface area contributed by atoms with Crippen molar-refractivity contribution in [2.24, 2.45) is 0 Å². The molecule has 4 atom stereocenters. The van der Waals surface area contributed by atoms with Crippen LogP contribution in [0.2, 0.25) is 0 Å². The van der Waals surface area contributed by atoms with E-state index in [0.29, 0.717) is 24.3 Å². The van der Waals surface area contributed by atoms with E-state index in [0.717, 1.165) is 0 Å². The van der Waals surface area contributed by atoms with Gasteiger partial charge in [-0.25, -0.2) is 0 Å². The lowest BCUT2D eigenvalue weighted by atomic mass is 9.93. The standard InChI is InChI=1S/C15H21NO/c1-10-5-3-4-6-13(10)11(2)16-14-9-12-7-8-15(14)17-12/h3-6,11-12,14-16H,7-9H2,1-2H3. The van der Waals surface area contributed by atoms with E-state index in [-0.39, 0.29) is 0 Å². The maximum atomic E-state index is 5.89. The lowest BCUT2D eigenvalue weighted by Gasteiger charge is -2.25. The van der Waals surface area contributed by atoms with Gasteiger partial charge in [-0.3, -0.25) is 0 Å². The predicted molar refractivity (Wildman–Crippen MR) is 69.0 cm³/mol. The minimum Gasteiger partial charge on any atom is -0.373 e. The zero-order valence-electron chi connectivity index (χ0n) is 10.6. The maximum Gasteiger partial charge on any atom is 0.0733 e. The summed E-state index contributed by atoms with van der Waals surface area (Å²) < 4.78 is 5.89. The smallest absolute Gasteiger partial charge is 0.0733 e. The second-order valence-corrected chi connectivity index (χ2v) is 5.46. The van der Waals surface area contributed by atoms with Crippen LogP contribution in [0.25, 0.3) is 0 Å². The lowest BCUT2D eigenvalue weighted by molar-refractivity contribution is 0.0962. The Labute approximate surface area is 103 Å². The summed E-state index contributed by atoms with van der Waals surface area (Å²) in [7, 11) is 0. The minimum atomic E-state index is 0.421. The van der Waals surface area contributed by atoms with Crippen LogP contribution in [0.3, 0.4) is 0 Å². The van der Waals surface area contributed by atoms with Crippen molar-refractivity contribution in [1.82, 2.24) is 5.32 Å². The number of nitrogens with one attached hydrogen (secondary N) is 1. The van der Waals surface area contributed by atoms with Crippen molar-refractivity contribution < 1.29 is 4.74 Å². The largest absolute Gasteiger partial charge is 0.373 e. The minimum absolute atomic E-state index is 0.421. The molecule has 1 aromatic carbocycles. The maximum absolute atomic E-state index is 5.89. The summed E-state index contributed by atoms with van der Waals surface area (Å²) in [4.78, 5) is 0. The van der Waals surface area contributed by atoms with Crippen LogP contribution in [-0.2, 0) is 4.74 Å². The van der Waals surface area contributed by atoms with Gasteiger partial charge in [-0.1, -0.05) is 24.3 Å². The van der Waals surface area contributed by atoms with Crippen LogP contribution in [0.1, 0.15) is 43.4 Å². The first-order valence-electron chi connectivity index (χ1n) is 6.71. The van der Waals surface area contributed by atoms with Gasteiger partial charge in [0.1, 0.15) is 0 Å². The Morgan fingerprint density at radius 3 is 2.76 bits per heavy atom. The number of ether oxygens (including phenoxy) is 1. The highest BCUT2D eigenvalue weighted by molar-refractivity contribution is 5.28.